The molecular weight excluding hydrogens is 338 g/mol. The first-order valence-electron chi connectivity index (χ1n) is 13.0. The average Bonchev–Trinajstić information content (AvgIpc) is 2.99. The molecular formula is C27H49N. The predicted octanol–water partition coefficient (Wildman–Crippen LogP) is 7.44. The van der Waals surface area contributed by atoms with Gasteiger partial charge in [0.25, 0.3) is 0 Å². The molecule has 28 heavy (non-hydrogen) atoms. The minimum Gasteiger partial charge on any atom is -0.328 e. The molecule has 0 radical (unpaired) electrons. The maximum Gasteiger partial charge on any atom is 0.00418 e. The summed E-state index contributed by atoms with van der Waals surface area (Å²) in [5.74, 6) is 6.79. The van der Waals surface area contributed by atoms with Crippen molar-refractivity contribution in [2.45, 2.75) is 118 Å². The summed E-state index contributed by atoms with van der Waals surface area (Å²) in [7, 11) is 0. The number of rotatable bonds is 5. The summed E-state index contributed by atoms with van der Waals surface area (Å²) in [5, 5.41) is 0. The summed E-state index contributed by atoms with van der Waals surface area (Å²) in [6.07, 6.45) is 17.5. The lowest BCUT2D eigenvalue weighted by Gasteiger charge is -2.61. The molecule has 0 aromatic rings. The van der Waals surface area contributed by atoms with Gasteiger partial charge in [-0.15, -0.1) is 0 Å². The van der Waals surface area contributed by atoms with Crippen LogP contribution in [0.4, 0.5) is 0 Å². The normalized spacial score (nSPS) is 49.4. The fourth-order valence-corrected chi connectivity index (χ4v) is 9.32. The van der Waals surface area contributed by atoms with Gasteiger partial charge in [0.05, 0.1) is 0 Å². The van der Waals surface area contributed by atoms with Gasteiger partial charge < -0.3 is 5.73 Å². The first-order chi connectivity index (χ1) is 13.3. The first kappa shape index (κ1) is 21.2. The summed E-state index contributed by atoms with van der Waals surface area (Å²) in [5.41, 5.74) is 7.64. The lowest BCUT2D eigenvalue weighted by molar-refractivity contribution is -0.116. The second-order valence-corrected chi connectivity index (χ2v) is 12.7. The van der Waals surface area contributed by atoms with E-state index in [0.29, 0.717) is 16.9 Å². The van der Waals surface area contributed by atoms with Gasteiger partial charge in [-0.2, -0.15) is 0 Å². The van der Waals surface area contributed by atoms with E-state index in [1.54, 1.807) is 0 Å². The molecule has 4 aliphatic rings. The van der Waals surface area contributed by atoms with Gasteiger partial charge in [0.15, 0.2) is 0 Å². The van der Waals surface area contributed by atoms with Crippen molar-refractivity contribution in [3.05, 3.63) is 0 Å². The molecule has 4 rings (SSSR count). The van der Waals surface area contributed by atoms with E-state index in [1.807, 2.05) is 0 Å². The first-order valence-corrected chi connectivity index (χ1v) is 13.0. The maximum atomic E-state index is 6.39. The summed E-state index contributed by atoms with van der Waals surface area (Å²) in [6, 6.07) is 0.492. The highest BCUT2D eigenvalue weighted by atomic mass is 14.7. The Bertz CT molecular complexity index is 540. The Hall–Kier alpha value is -0.0400. The largest absolute Gasteiger partial charge is 0.328 e. The number of hydrogen-bond donors (Lipinski definition) is 1. The van der Waals surface area contributed by atoms with E-state index < -0.39 is 0 Å². The molecule has 4 saturated carbocycles. The van der Waals surface area contributed by atoms with Crippen LogP contribution < -0.4 is 5.73 Å². The van der Waals surface area contributed by atoms with Gasteiger partial charge in [0, 0.05) is 6.04 Å². The summed E-state index contributed by atoms with van der Waals surface area (Å²) in [6.45, 7) is 12.8. The zero-order valence-corrected chi connectivity index (χ0v) is 19.7. The number of nitrogens with two attached hydrogens (primary N) is 1. The lowest BCUT2D eigenvalue weighted by atomic mass is 9.44. The monoisotopic (exact) mass is 387 g/mol. The molecule has 4 aliphatic carbocycles. The molecule has 0 bridgehead atoms. The van der Waals surface area contributed by atoms with Gasteiger partial charge in [-0.3, -0.25) is 0 Å². The van der Waals surface area contributed by atoms with Crippen molar-refractivity contribution in [2.24, 2.45) is 58.0 Å². The van der Waals surface area contributed by atoms with Crippen molar-refractivity contribution < 1.29 is 0 Å². The van der Waals surface area contributed by atoms with E-state index in [2.05, 4.69) is 34.6 Å². The molecule has 0 aromatic heterocycles. The molecule has 4 fully saturated rings. The number of fused-ring (bicyclic) bond motifs is 5. The van der Waals surface area contributed by atoms with Crippen LogP contribution in [0.3, 0.4) is 0 Å². The van der Waals surface area contributed by atoms with Crippen LogP contribution in [0.1, 0.15) is 112 Å². The van der Waals surface area contributed by atoms with Crippen molar-refractivity contribution in [3.63, 3.8) is 0 Å². The van der Waals surface area contributed by atoms with Gasteiger partial charge in [-0.25, -0.2) is 0 Å². The van der Waals surface area contributed by atoms with Gasteiger partial charge in [0.2, 0.25) is 0 Å². The molecule has 0 heterocycles. The highest BCUT2D eigenvalue weighted by Gasteiger charge is 2.60. The molecule has 2 N–H and O–H groups in total. The van der Waals surface area contributed by atoms with Crippen LogP contribution >= 0.6 is 0 Å². The van der Waals surface area contributed by atoms with Crippen LogP contribution in [0.2, 0.25) is 0 Å². The van der Waals surface area contributed by atoms with Crippen LogP contribution in [0, 0.1) is 52.3 Å². The second kappa shape index (κ2) is 7.90. The Morgan fingerprint density at radius 2 is 1.54 bits per heavy atom. The Kier molecular flexibility index (Phi) is 5.98. The Labute approximate surface area is 176 Å². The zero-order valence-electron chi connectivity index (χ0n) is 19.7. The van der Waals surface area contributed by atoms with E-state index in [4.69, 9.17) is 5.73 Å². The second-order valence-electron chi connectivity index (χ2n) is 12.7. The third-order valence-electron chi connectivity index (χ3n) is 10.9. The fourth-order valence-electron chi connectivity index (χ4n) is 9.32. The molecule has 0 spiro atoms. The van der Waals surface area contributed by atoms with Gasteiger partial charge in [-0.05, 0) is 110 Å². The van der Waals surface area contributed by atoms with Crippen molar-refractivity contribution in [1.82, 2.24) is 0 Å². The smallest absolute Gasteiger partial charge is 0.00418 e. The van der Waals surface area contributed by atoms with E-state index in [0.717, 1.165) is 41.4 Å². The standard InChI is InChI=1S/C27H49N/c1-18(2)7-6-8-19(3)23-11-12-24-22-10-9-20-17-21(28)13-15-26(20,4)25(22)14-16-27(23,24)5/h18-25H,6-17,28H2,1-5H3/t19-,20+,21+,22-,23+,24-,25-,26-,27+/m1/s1. The lowest BCUT2D eigenvalue weighted by Crippen LogP contribution is -2.54. The Morgan fingerprint density at radius 1 is 0.821 bits per heavy atom. The van der Waals surface area contributed by atoms with E-state index in [1.165, 1.54) is 77.0 Å². The molecule has 0 aromatic carbocycles. The molecule has 0 unspecified atom stereocenters. The SMILES string of the molecule is CC(C)CCC[C@@H](C)[C@@H]1CC[C@@H]2[C@H]3CC[C@H]4C[C@@H](N)CC[C@@]4(C)[C@@H]3CC[C@]21C. The molecule has 9 atom stereocenters. The minimum atomic E-state index is 0.492. The Morgan fingerprint density at radius 3 is 2.29 bits per heavy atom. The van der Waals surface area contributed by atoms with Crippen molar-refractivity contribution >= 4 is 0 Å². The zero-order chi connectivity index (χ0) is 20.1. The highest BCUT2D eigenvalue weighted by molar-refractivity contribution is 5.09. The van der Waals surface area contributed by atoms with Gasteiger partial charge >= 0.3 is 0 Å². The molecule has 0 aliphatic heterocycles. The van der Waals surface area contributed by atoms with Crippen LogP contribution in [-0.4, -0.2) is 6.04 Å². The van der Waals surface area contributed by atoms with Crippen molar-refractivity contribution in [2.75, 3.05) is 0 Å². The van der Waals surface area contributed by atoms with Crippen LogP contribution in [-0.2, 0) is 0 Å². The highest BCUT2D eigenvalue weighted by Crippen LogP contribution is 2.68. The maximum absolute atomic E-state index is 6.39. The van der Waals surface area contributed by atoms with E-state index in [-0.39, 0.29) is 0 Å². The van der Waals surface area contributed by atoms with E-state index >= 15 is 0 Å². The van der Waals surface area contributed by atoms with Gasteiger partial charge in [0.1, 0.15) is 0 Å². The average molecular weight is 388 g/mol. The molecule has 162 valence electrons. The molecule has 0 saturated heterocycles. The third kappa shape index (κ3) is 3.50. The van der Waals surface area contributed by atoms with E-state index in [9.17, 15) is 0 Å². The third-order valence-corrected chi connectivity index (χ3v) is 10.9. The van der Waals surface area contributed by atoms with Gasteiger partial charge in [-0.1, -0.05) is 53.9 Å². The predicted molar refractivity (Wildman–Crippen MR) is 121 cm³/mol. The molecule has 1 nitrogen and oxygen atoms in total. The number of hydrogen-bond acceptors (Lipinski definition) is 1. The quantitative estimate of drug-likeness (QED) is 0.521. The van der Waals surface area contributed by atoms with Crippen LogP contribution in [0.25, 0.3) is 0 Å². The fraction of sp³-hybridized carbons (Fsp3) is 1.00. The molecule has 0 amide bonds. The topological polar surface area (TPSA) is 26.0 Å². The summed E-state index contributed by atoms with van der Waals surface area (Å²) >= 11 is 0. The summed E-state index contributed by atoms with van der Waals surface area (Å²) < 4.78 is 0. The summed E-state index contributed by atoms with van der Waals surface area (Å²) in [4.78, 5) is 0. The van der Waals surface area contributed by atoms with Crippen molar-refractivity contribution in [3.8, 4) is 0 Å². The van der Waals surface area contributed by atoms with Crippen molar-refractivity contribution in [1.29, 1.82) is 0 Å². The van der Waals surface area contributed by atoms with Crippen LogP contribution in [0.5, 0.6) is 0 Å². The minimum absolute atomic E-state index is 0.492. The molecule has 1 heteroatoms. The van der Waals surface area contributed by atoms with Crippen LogP contribution in [0.15, 0.2) is 0 Å². The Balaban J connectivity index is 1.46.